The first kappa shape index (κ1) is 11.3. The maximum atomic E-state index is 8.18. The Labute approximate surface area is 107 Å². The van der Waals surface area contributed by atoms with Crippen LogP contribution < -0.4 is 0 Å². The highest BCUT2D eigenvalue weighted by Gasteiger charge is 2.24. The molecule has 0 atom stereocenters. The van der Waals surface area contributed by atoms with Crippen LogP contribution in [0.25, 0.3) is 0 Å². The minimum absolute atomic E-state index is 0.568. The number of nitrogens with zero attached hydrogens (tertiary/aromatic N) is 3. The molecule has 2 aliphatic rings. The molecule has 94 valence electrons. The van der Waals surface area contributed by atoms with Crippen LogP contribution in [0.15, 0.2) is 35.4 Å². The van der Waals surface area contributed by atoms with Crippen LogP contribution in [0, 0.1) is 5.41 Å². The Morgan fingerprint density at radius 3 is 2.50 bits per heavy atom. The summed E-state index contributed by atoms with van der Waals surface area (Å²) < 4.78 is 0. The normalized spacial score (nSPS) is 19.2. The summed E-state index contributed by atoms with van der Waals surface area (Å²) in [7, 11) is 0. The molecule has 0 radical (unpaired) electrons. The molecular weight excluding hydrogens is 224 g/mol. The predicted octanol–water partition coefficient (Wildman–Crippen LogP) is 2.13. The summed E-state index contributed by atoms with van der Waals surface area (Å²) in [4.78, 5) is 2.12. The van der Waals surface area contributed by atoms with E-state index in [1.807, 2.05) is 23.2 Å². The quantitative estimate of drug-likeness (QED) is 0.605. The van der Waals surface area contributed by atoms with E-state index in [1.54, 1.807) is 0 Å². The third kappa shape index (κ3) is 2.10. The van der Waals surface area contributed by atoms with Crippen molar-refractivity contribution in [2.45, 2.75) is 19.3 Å². The maximum Gasteiger partial charge on any atom is 0.214 e. The Bertz CT molecular complexity index is 460. The molecule has 0 saturated carbocycles. The Kier molecular flexibility index (Phi) is 3.00. The molecule has 0 amide bonds. The molecule has 18 heavy (non-hydrogen) atoms. The van der Waals surface area contributed by atoms with Crippen molar-refractivity contribution >= 4 is 11.7 Å². The van der Waals surface area contributed by atoms with E-state index in [0.29, 0.717) is 5.96 Å². The molecule has 0 bridgehead atoms. The molecule has 1 aromatic rings. The van der Waals surface area contributed by atoms with Crippen molar-refractivity contribution in [3.05, 3.63) is 35.9 Å². The van der Waals surface area contributed by atoms with Gasteiger partial charge < -0.3 is 4.90 Å². The Hall–Kier alpha value is -1.84. The topological polar surface area (TPSA) is 42.7 Å². The van der Waals surface area contributed by atoms with Gasteiger partial charge in [0.1, 0.15) is 0 Å². The smallest absolute Gasteiger partial charge is 0.214 e. The van der Waals surface area contributed by atoms with Crippen LogP contribution >= 0.6 is 0 Å². The fourth-order valence-electron chi connectivity index (χ4n) is 2.54. The Morgan fingerprint density at radius 1 is 1.06 bits per heavy atom. The van der Waals surface area contributed by atoms with Crippen LogP contribution in [0.5, 0.6) is 0 Å². The van der Waals surface area contributed by atoms with Crippen LogP contribution in [-0.2, 0) is 0 Å². The molecule has 2 aliphatic heterocycles. The average Bonchev–Trinajstić information content (AvgIpc) is 3.10. The summed E-state index contributed by atoms with van der Waals surface area (Å²) in [5, 5.41) is 14.6. The van der Waals surface area contributed by atoms with Gasteiger partial charge in [0, 0.05) is 19.5 Å². The monoisotopic (exact) mass is 242 g/mol. The highest BCUT2D eigenvalue weighted by atomic mass is 15.6. The molecule has 0 aromatic heterocycles. The van der Waals surface area contributed by atoms with Crippen molar-refractivity contribution in [1.82, 2.24) is 9.91 Å². The number of rotatable bonds is 1. The lowest BCUT2D eigenvalue weighted by atomic mass is 10.1. The lowest BCUT2D eigenvalue weighted by molar-refractivity contribution is 0.377. The van der Waals surface area contributed by atoms with E-state index >= 15 is 0 Å². The van der Waals surface area contributed by atoms with Crippen molar-refractivity contribution in [2.75, 3.05) is 19.6 Å². The third-order valence-corrected chi connectivity index (χ3v) is 3.56. The molecule has 2 heterocycles. The van der Waals surface area contributed by atoms with Gasteiger partial charge in [-0.05, 0) is 18.4 Å². The predicted molar refractivity (Wildman–Crippen MR) is 72.8 cm³/mol. The van der Waals surface area contributed by atoms with E-state index in [4.69, 9.17) is 5.41 Å². The second-order valence-electron chi connectivity index (χ2n) is 4.80. The van der Waals surface area contributed by atoms with E-state index in [2.05, 4.69) is 22.1 Å². The number of hydrogen-bond acceptors (Lipinski definition) is 2. The van der Waals surface area contributed by atoms with Gasteiger partial charge in [-0.25, -0.2) is 5.01 Å². The third-order valence-electron chi connectivity index (χ3n) is 3.56. The van der Waals surface area contributed by atoms with Crippen molar-refractivity contribution in [2.24, 2.45) is 5.10 Å². The Balaban J connectivity index is 1.73. The number of likely N-dealkylation sites (tertiary alicyclic amines) is 1. The number of benzene rings is 1. The summed E-state index contributed by atoms with van der Waals surface area (Å²) in [5.41, 5.74) is 2.27. The van der Waals surface area contributed by atoms with Gasteiger partial charge in [-0.3, -0.25) is 5.41 Å². The number of hydrazone groups is 1. The van der Waals surface area contributed by atoms with Crippen LogP contribution in [0.3, 0.4) is 0 Å². The first-order chi connectivity index (χ1) is 8.84. The van der Waals surface area contributed by atoms with E-state index < -0.39 is 0 Å². The number of nitrogens with one attached hydrogen (secondary N) is 1. The highest BCUT2D eigenvalue weighted by Crippen LogP contribution is 2.17. The molecule has 3 rings (SSSR count). The average molecular weight is 242 g/mol. The van der Waals surface area contributed by atoms with Gasteiger partial charge >= 0.3 is 0 Å². The van der Waals surface area contributed by atoms with Crippen molar-refractivity contribution < 1.29 is 0 Å². The SMILES string of the molecule is N=C(N1CCCC1)N1CCC(c2ccccc2)=N1. The molecule has 0 aliphatic carbocycles. The van der Waals surface area contributed by atoms with Gasteiger partial charge in [-0.1, -0.05) is 30.3 Å². The van der Waals surface area contributed by atoms with E-state index in [9.17, 15) is 0 Å². The minimum atomic E-state index is 0.568. The lowest BCUT2D eigenvalue weighted by Gasteiger charge is -2.23. The molecule has 4 nitrogen and oxygen atoms in total. The van der Waals surface area contributed by atoms with Gasteiger partial charge in [-0.15, -0.1) is 0 Å². The fraction of sp³-hybridized carbons (Fsp3) is 0.429. The zero-order chi connectivity index (χ0) is 12.4. The zero-order valence-corrected chi connectivity index (χ0v) is 10.5. The van der Waals surface area contributed by atoms with Crippen molar-refractivity contribution in [3.8, 4) is 0 Å². The van der Waals surface area contributed by atoms with Gasteiger partial charge in [0.2, 0.25) is 5.96 Å². The van der Waals surface area contributed by atoms with Crippen LogP contribution in [0.2, 0.25) is 0 Å². The van der Waals surface area contributed by atoms with Crippen LogP contribution in [0.4, 0.5) is 0 Å². The summed E-state index contributed by atoms with van der Waals surface area (Å²) in [6.45, 7) is 2.84. The molecule has 1 N–H and O–H groups in total. The van der Waals surface area contributed by atoms with Gasteiger partial charge in [0.15, 0.2) is 0 Å². The Morgan fingerprint density at radius 2 is 1.78 bits per heavy atom. The largest absolute Gasteiger partial charge is 0.342 e. The summed E-state index contributed by atoms with van der Waals surface area (Å²) in [6, 6.07) is 10.3. The summed E-state index contributed by atoms with van der Waals surface area (Å²) in [5.74, 6) is 0.568. The molecule has 1 fully saturated rings. The second kappa shape index (κ2) is 4.80. The molecule has 0 spiro atoms. The first-order valence-electron chi connectivity index (χ1n) is 6.58. The van der Waals surface area contributed by atoms with Crippen molar-refractivity contribution in [3.63, 3.8) is 0 Å². The molecule has 1 saturated heterocycles. The highest BCUT2D eigenvalue weighted by molar-refractivity contribution is 6.02. The van der Waals surface area contributed by atoms with Gasteiger partial charge in [0.05, 0.1) is 12.3 Å². The van der Waals surface area contributed by atoms with Crippen molar-refractivity contribution in [1.29, 1.82) is 5.41 Å². The maximum absolute atomic E-state index is 8.18. The van der Waals surface area contributed by atoms with Gasteiger partial charge in [-0.2, -0.15) is 5.10 Å². The van der Waals surface area contributed by atoms with Gasteiger partial charge in [0.25, 0.3) is 0 Å². The number of hydrogen-bond donors (Lipinski definition) is 1. The summed E-state index contributed by atoms with van der Waals surface area (Å²) in [6.07, 6.45) is 3.33. The van der Waals surface area contributed by atoms with Crippen LogP contribution in [0.1, 0.15) is 24.8 Å². The molecule has 0 unspecified atom stereocenters. The molecule has 1 aromatic carbocycles. The van der Waals surface area contributed by atoms with E-state index in [-0.39, 0.29) is 0 Å². The second-order valence-corrected chi connectivity index (χ2v) is 4.80. The van der Waals surface area contributed by atoms with Crippen LogP contribution in [-0.4, -0.2) is 41.2 Å². The fourth-order valence-corrected chi connectivity index (χ4v) is 2.54. The minimum Gasteiger partial charge on any atom is -0.342 e. The lowest BCUT2D eigenvalue weighted by Crippen LogP contribution is -2.38. The molecule has 4 heteroatoms. The van der Waals surface area contributed by atoms with E-state index in [0.717, 1.165) is 31.8 Å². The first-order valence-corrected chi connectivity index (χ1v) is 6.58. The number of guanidine groups is 1. The summed E-state index contributed by atoms with van der Waals surface area (Å²) >= 11 is 0. The zero-order valence-electron chi connectivity index (χ0n) is 10.5. The standard InChI is InChI=1S/C14H18N4/c15-14(17-9-4-5-10-17)18-11-8-13(16-18)12-6-2-1-3-7-12/h1-3,6-7,15H,4-5,8-11H2. The molecular formula is C14H18N4. The van der Waals surface area contributed by atoms with E-state index in [1.165, 1.54) is 18.4 Å².